The third kappa shape index (κ3) is 4.94. The zero-order valence-electron chi connectivity index (χ0n) is 20.1. The average Bonchev–Trinajstić information content (AvgIpc) is 2.84. The zero-order valence-corrected chi connectivity index (χ0v) is 20.9. The minimum absolute atomic E-state index is 0.0186. The van der Waals surface area contributed by atoms with E-state index >= 15 is 0 Å². The van der Waals surface area contributed by atoms with Crippen LogP contribution in [-0.2, 0) is 4.79 Å². The predicted molar refractivity (Wildman–Crippen MR) is 137 cm³/mol. The van der Waals surface area contributed by atoms with Gasteiger partial charge in [0.15, 0.2) is 0 Å². The smallest absolute Gasteiger partial charge is 0.226 e. The van der Waals surface area contributed by atoms with Crippen LogP contribution in [0.25, 0.3) is 11.3 Å². The van der Waals surface area contributed by atoms with Gasteiger partial charge in [-0.15, -0.1) is 0 Å². The molecule has 0 atom stereocenters. The Bertz CT molecular complexity index is 1120. The quantitative estimate of drug-likeness (QED) is 0.616. The van der Waals surface area contributed by atoms with Gasteiger partial charge in [-0.05, 0) is 43.4 Å². The average molecular weight is 481 g/mol. The van der Waals surface area contributed by atoms with Gasteiger partial charge in [0.2, 0.25) is 5.91 Å². The van der Waals surface area contributed by atoms with Gasteiger partial charge in [0.05, 0.1) is 10.7 Å². The van der Waals surface area contributed by atoms with Gasteiger partial charge in [-0.3, -0.25) is 9.78 Å². The Labute approximate surface area is 206 Å². The molecule has 34 heavy (non-hydrogen) atoms. The number of hydrogen-bond donors (Lipinski definition) is 2. The Morgan fingerprint density at radius 2 is 1.97 bits per heavy atom. The fourth-order valence-corrected chi connectivity index (χ4v) is 4.93. The van der Waals surface area contributed by atoms with Crippen molar-refractivity contribution in [1.29, 1.82) is 5.41 Å². The van der Waals surface area contributed by atoms with Gasteiger partial charge in [-0.1, -0.05) is 31.5 Å². The first-order valence-corrected chi connectivity index (χ1v) is 12.3. The predicted octanol–water partition coefficient (Wildman–Crippen LogP) is 4.44. The molecule has 4 heterocycles. The summed E-state index contributed by atoms with van der Waals surface area (Å²) < 4.78 is 0. The van der Waals surface area contributed by atoms with Crippen LogP contribution >= 0.6 is 11.6 Å². The molecule has 0 saturated carbocycles. The molecule has 2 aromatic rings. The highest BCUT2D eigenvalue weighted by atomic mass is 35.5. The highest BCUT2D eigenvalue weighted by Gasteiger charge is 2.32. The topological polar surface area (TPSA) is 99.2 Å². The van der Waals surface area contributed by atoms with Gasteiger partial charge in [0.25, 0.3) is 0 Å². The number of rotatable bonds is 5. The third-order valence-corrected chi connectivity index (χ3v) is 7.18. The van der Waals surface area contributed by atoms with Crippen LogP contribution in [0, 0.1) is 24.2 Å². The van der Waals surface area contributed by atoms with Crippen LogP contribution in [0.4, 0.5) is 5.82 Å². The maximum atomic E-state index is 13.3. The fourth-order valence-electron chi connectivity index (χ4n) is 4.74. The molecule has 2 aliphatic heterocycles. The van der Waals surface area contributed by atoms with E-state index in [0.29, 0.717) is 30.2 Å². The monoisotopic (exact) mass is 480 g/mol. The second-order valence-electron chi connectivity index (χ2n) is 9.53. The van der Waals surface area contributed by atoms with E-state index in [9.17, 15) is 4.79 Å². The van der Waals surface area contributed by atoms with Crippen molar-refractivity contribution >= 4 is 29.0 Å². The number of aryl methyl sites for hydroxylation is 1. The van der Waals surface area contributed by atoms with Gasteiger partial charge >= 0.3 is 0 Å². The largest absolute Gasteiger partial charge is 0.402 e. The van der Waals surface area contributed by atoms with Gasteiger partial charge in [0.1, 0.15) is 5.82 Å². The van der Waals surface area contributed by atoms with E-state index in [1.807, 2.05) is 43.9 Å². The van der Waals surface area contributed by atoms with Gasteiger partial charge in [-0.25, -0.2) is 4.98 Å². The molecular formula is C26H33ClN6O. The lowest BCUT2D eigenvalue weighted by atomic mass is 9.91. The van der Waals surface area contributed by atoms with Crippen molar-refractivity contribution in [3.63, 3.8) is 0 Å². The molecule has 4 rings (SSSR count). The van der Waals surface area contributed by atoms with Crippen LogP contribution in [0.5, 0.6) is 0 Å². The molecule has 8 heteroatoms. The van der Waals surface area contributed by atoms with E-state index in [0.717, 1.165) is 59.8 Å². The maximum Gasteiger partial charge on any atom is 0.226 e. The molecule has 0 unspecified atom stereocenters. The van der Waals surface area contributed by atoms with Crippen molar-refractivity contribution in [3.05, 3.63) is 52.4 Å². The highest BCUT2D eigenvalue weighted by Crippen LogP contribution is 2.33. The number of anilines is 1. The molecule has 1 saturated heterocycles. The highest BCUT2D eigenvalue weighted by molar-refractivity contribution is 6.33. The summed E-state index contributed by atoms with van der Waals surface area (Å²) in [6.45, 7) is 8.60. The first-order valence-electron chi connectivity index (χ1n) is 11.9. The normalized spacial score (nSPS) is 17.4. The Hall–Kier alpha value is -2.93. The standard InChI is InChI=1S/C26H33ClN6O/c1-16(2)24(29)20-15-33(12-8-22(20)28)26(34)18-6-10-32(11-7-18)23-13-19(21(27)14-31-23)25-17(3)5-4-9-30-25/h4-5,9,13-14,16,18,29H,6-8,10-12,15,28H2,1-3H3. The summed E-state index contributed by atoms with van der Waals surface area (Å²) >= 11 is 6.46. The Kier molecular flexibility index (Phi) is 7.22. The van der Waals surface area contributed by atoms with Crippen molar-refractivity contribution in [1.82, 2.24) is 14.9 Å². The number of carbonyl (C=O) groups is 1. The Morgan fingerprint density at radius 3 is 2.65 bits per heavy atom. The lowest BCUT2D eigenvalue weighted by molar-refractivity contribution is -0.135. The molecule has 2 aliphatic rings. The molecule has 2 aromatic heterocycles. The summed E-state index contributed by atoms with van der Waals surface area (Å²) in [5.41, 5.74) is 11.1. The molecule has 1 amide bonds. The van der Waals surface area contributed by atoms with E-state index in [2.05, 4.69) is 14.9 Å². The van der Waals surface area contributed by atoms with Crippen molar-refractivity contribution in [2.24, 2.45) is 17.6 Å². The Balaban J connectivity index is 1.42. The SMILES string of the molecule is Cc1cccnc1-c1cc(N2CCC(C(=O)N3CCC(N)=C(C(=N)C(C)C)C3)CC2)ncc1Cl. The van der Waals surface area contributed by atoms with Crippen LogP contribution in [0.1, 0.15) is 38.7 Å². The van der Waals surface area contributed by atoms with Crippen LogP contribution in [0.2, 0.25) is 5.02 Å². The molecule has 180 valence electrons. The number of aromatic nitrogens is 2. The second-order valence-corrected chi connectivity index (χ2v) is 9.94. The van der Waals surface area contributed by atoms with Crippen molar-refractivity contribution in [2.45, 2.75) is 40.0 Å². The lowest BCUT2D eigenvalue weighted by Crippen LogP contribution is -2.46. The Morgan fingerprint density at radius 1 is 1.24 bits per heavy atom. The molecule has 1 fully saturated rings. The minimum Gasteiger partial charge on any atom is -0.402 e. The summed E-state index contributed by atoms with van der Waals surface area (Å²) in [5.74, 6) is 1.11. The summed E-state index contributed by atoms with van der Waals surface area (Å²) in [7, 11) is 0. The van der Waals surface area contributed by atoms with Crippen LogP contribution < -0.4 is 10.6 Å². The number of pyridine rings is 2. The van der Waals surface area contributed by atoms with Crippen molar-refractivity contribution in [3.8, 4) is 11.3 Å². The summed E-state index contributed by atoms with van der Waals surface area (Å²) in [4.78, 5) is 26.5. The van der Waals surface area contributed by atoms with Gasteiger partial charge in [0, 0.05) is 73.5 Å². The van der Waals surface area contributed by atoms with Crippen molar-refractivity contribution < 1.29 is 4.79 Å². The van der Waals surface area contributed by atoms with Crippen molar-refractivity contribution in [2.75, 3.05) is 31.1 Å². The van der Waals surface area contributed by atoms with E-state index in [1.54, 1.807) is 12.4 Å². The van der Waals surface area contributed by atoms with E-state index in [4.69, 9.17) is 22.7 Å². The molecule has 0 bridgehead atoms. The summed E-state index contributed by atoms with van der Waals surface area (Å²) in [5, 5.41) is 8.95. The van der Waals surface area contributed by atoms with Gasteiger partial charge in [-0.2, -0.15) is 0 Å². The first-order chi connectivity index (χ1) is 16.3. The first kappa shape index (κ1) is 24.2. The van der Waals surface area contributed by atoms with Crippen LogP contribution in [0.15, 0.2) is 41.9 Å². The second kappa shape index (κ2) is 10.1. The minimum atomic E-state index is -0.0186. The molecule has 0 aromatic carbocycles. The number of piperidine rings is 1. The molecule has 7 nitrogen and oxygen atoms in total. The molecule has 0 aliphatic carbocycles. The number of carbonyl (C=O) groups excluding carboxylic acids is 1. The van der Waals surface area contributed by atoms with E-state index in [-0.39, 0.29) is 17.7 Å². The molecule has 0 radical (unpaired) electrons. The van der Waals surface area contributed by atoms with E-state index < -0.39 is 0 Å². The molecule has 0 spiro atoms. The number of halogens is 1. The molecular weight excluding hydrogens is 448 g/mol. The fraction of sp³-hybridized carbons (Fsp3) is 0.462. The number of hydrogen-bond acceptors (Lipinski definition) is 6. The maximum absolute atomic E-state index is 13.3. The van der Waals surface area contributed by atoms with Gasteiger partial charge < -0.3 is 20.9 Å². The lowest BCUT2D eigenvalue weighted by Gasteiger charge is -2.37. The van der Waals surface area contributed by atoms with Crippen LogP contribution in [-0.4, -0.2) is 52.7 Å². The number of nitrogens with zero attached hydrogens (tertiary/aromatic N) is 4. The number of nitrogens with one attached hydrogen (secondary N) is 1. The number of nitrogens with two attached hydrogens (primary N) is 1. The third-order valence-electron chi connectivity index (χ3n) is 6.88. The zero-order chi connectivity index (χ0) is 24.4. The number of amides is 1. The van der Waals surface area contributed by atoms with Crippen LogP contribution in [0.3, 0.4) is 0 Å². The summed E-state index contributed by atoms with van der Waals surface area (Å²) in [6.07, 6.45) is 5.64. The van der Waals surface area contributed by atoms with E-state index in [1.165, 1.54) is 0 Å². The molecule has 3 N–H and O–H groups in total. The summed E-state index contributed by atoms with van der Waals surface area (Å²) in [6, 6.07) is 5.94.